The molecule has 0 saturated heterocycles. The van der Waals surface area contributed by atoms with Crippen molar-refractivity contribution >= 4 is 11.6 Å². The average molecular weight is 311 g/mol. The van der Waals surface area contributed by atoms with E-state index in [1.807, 2.05) is 23.0 Å². The van der Waals surface area contributed by atoms with E-state index >= 15 is 0 Å². The van der Waals surface area contributed by atoms with Gasteiger partial charge in [-0.25, -0.2) is 4.52 Å². The Morgan fingerprint density at radius 3 is 3.09 bits per heavy atom. The molecule has 0 aromatic carbocycles. The van der Waals surface area contributed by atoms with Gasteiger partial charge in [0.2, 0.25) is 5.76 Å². The Kier molecular flexibility index (Phi) is 3.19. The van der Waals surface area contributed by atoms with Crippen molar-refractivity contribution in [1.29, 1.82) is 0 Å². The van der Waals surface area contributed by atoms with Crippen LogP contribution in [0.25, 0.3) is 17.2 Å². The summed E-state index contributed by atoms with van der Waals surface area (Å²) in [5.74, 6) is 0.668. The highest BCUT2D eigenvalue weighted by molar-refractivity contribution is 5.92. The zero-order valence-corrected chi connectivity index (χ0v) is 12.0. The minimum absolute atomic E-state index is 0.221. The van der Waals surface area contributed by atoms with Gasteiger partial charge in [0.05, 0.1) is 12.5 Å². The van der Waals surface area contributed by atoms with Crippen LogP contribution in [0.2, 0.25) is 0 Å². The number of amides is 1. The first-order valence-corrected chi connectivity index (χ1v) is 7.08. The molecule has 4 heterocycles. The Bertz CT molecular complexity index is 931. The molecule has 23 heavy (non-hydrogen) atoms. The van der Waals surface area contributed by atoms with Gasteiger partial charge in [0, 0.05) is 37.6 Å². The van der Waals surface area contributed by atoms with E-state index in [1.54, 1.807) is 28.9 Å². The van der Waals surface area contributed by atoms with Crippen LogP contribution in [-0.4, -0.2) is 31.8 Å². The second-order valence-corrected chi connectivity index (χ2v) is 4.94. The van der Waals surface area contributed by atoms with Gasteiger partial charge in [0.15, 0.2) is 11.5 Å². The first-order valence-electron chi connectivity index (χ1n) is 7.08. The summed E-state index contributed by atoms with van der Waals surface area (Å²) in [5.41, 5.74) is 1.19. The molecule has 8 heteroatoms. The van der Waals surface area contributed by atoms with Crippen molar-refractivity contribution in [2.24, 2.45) is 0 Å². The second kappa shape index (κ2) is 5.48. The van der Waals surface area contributed by atoms with Gasteiger partial charge < -0.3 is 18.8 Å². The second-order valence-electron chi connectivity index (χ2n) is 4.94. The molecular formula is C15H13N5O3. The van der Waals surface area contributed by atoms with E-state index in [0.29, 0.717) is 24.6 Å². The number of imidazole rings is 1. The quantitative estimate of drug-likeness (QED) is 0.607. The Hall–Kier alpha value is -3.29. The molecule has 0 aliphatic carbocycles. The summed E-state index contributed by atoms with van der Waals surface area (Å²) in [7, 11) is 0. The molecule has 0 radical (unpaired) electrons. The summed E-state index contributed by atoms with van der Waals surface area (Å²) in [6.07, 6.45) is 7.05. The van der Waals surface area contributed by atoms with E-state index in [1.165, 1.54) is 6.26 Å². The third kappa shape index (κ3) is 2.50. The number of hydrogen-bond acceptors (Lipinski definition) is 5. The highest BCUT2D eigenvalue weighted by Crippen LogP contribution is 2.20. The first-order chi connectivity index (χ1) is 11.3. The van der Waals surface area contributed by atoms with Crippen molar-refractivity contribution in [3.8, 4) is 11.5 Å². The van der Waals surface area contributed by atoms with Gasteiger partial charge in [0.1, 0.15) is 5.65 Å². The molecule has 0 spiro atoms. The molecule has 1 amide bonds. The molecule has 4 rings (SSSR count). The molecule has 0 fully saturated rings. The number of fused-ring (bicyclic) bond motifs is 1. The number of hydrogen-bond donors (Lipinski definition) is 1. The minimum atomic E-state index is -0.289. The maximum Gasteiger partial charge on any atom is 0.273 e. The highest BCUT2D eigenvalue weighted by atomic mass is 16.5. The fraction of sp³-hybridized carbons (Fsp3) is 0.133. The van der Waals surface area contributed by atoms with Crippen molar-refractivity contribution in [3.05, 3.63) is 54.8 Å². The van der Waals surface area contributed by atoms with Crippen LogP contribution >= 0.6 is 0 Å². The van der Waals surface area contributed by atoms with Crippen LogP contribution in [0.15, 0.2) is 58.1 Å². The van der Waals surface area contributed by atoms with Crippen molar-refractivity contribution < 1.29 is 13.7 Å². The van der Waals surface area contributed by atoms with E-state index in [2.05, 4.69) is 15.6 Å². The Morgan fingerprint density at radius 2 is 2.22 bits per heavy atom. The van der Waals surface area contributed by atoms with E-state index in [9.17, 15) is 4.79 Å². The van der Waals surface area contributed by atoms with Crippen LogP contribution in [0.4, 0.5) is 0 Å². The maximum atomic E-state index is 12.1. The predicted octanol–water partition coefficient (Wildman–Crippen LogP) is 1.81. The summed E-state index contributed by atoms with van der Waals surface area (Å²) in [5, 5.41) is 10.7. The predicted molar refractivity (Wildman–Crippen MR) is 79.7 cm³/mol. The normalized spacial score (nSPS) is 11.1. The van der Waals surface area contributed by atoms with Crippen molar-refractivity contribution in [2.75, 3.05) is 6.54 Å². The van der Waals surface area contributed by atoms with Crippen molar-refractivity contribution in [1.82, 2.24) is 24.7 Å². The van der Waals surface area contributed by atoms with Gasteiger partial charge in [0.25, 0.3) is 5.91 Å². The van der Waals surface area contributed by atoms with E-state index < -0.39 is 0 Å². The summed E-state index contributed by atoms with van der Waals surface area (Å²) < 4.78 is 14.1. The van der Waals surface area contributed by atoms with Crippen LogP contribution in [-0.2, 0) is 6.54 Å². The van der Waals surface area contributed by atoms with Crippen LogP contribution < -0.4 is 5.32 Å². The maximum absolute atomic E-state index is 12.1. The fourth-order valence-electron chi connectivity index (χ4n) is 2.36. The van der Waals surface area contributed by atoms with Gasteiger partial charge in [-0.05, 0) is 12.1 Å². The number of nitrogens with zero attached hydrogens (tertiary/aromatic N) is 4. The standard InChI is InChI=1S/C15H13N5O3/c21-15(11-10-13(23-18-11)12-2-1-9-22-12)16-5-6-19-7-8-20-14(19)3-4-17-20/h1-4,7-10H,5-6H2,(H,16,21). The summed E-state index contributed by atoms with van der Waals surface area (Å²) in [6.45, 7) is 1.11. The van der Waals surface area contributed by atoms with E-state index in [0.717, 1.165) is 5.65 Å². The zero-order chi connectivity index (χ0) is 15.6. The molecule has 0 unspecified atom stereocenters. The van der Waals surface area contributed by atoms with Crippen LogP contribution in [0.1, 0.15) is 10.5 Å². The fourth-order valence-corrected chi connectivity index (χ4v) is 2.36. The number of aromatic nitrogens is 4. The first kappa shape index (κ1) is 13.4. The zero-order valence-electron chi connectivity index (χ0n) is 12.0. The summed E-state index contributed by atoms with van der Waals surface area (Å²) in [6, 6.07) is 6.95. The molecule has 8 nitrogen and oxygen atoms in total. The van der Waals surface area contributed by atoms with Gasteiger partial charge in [-0.1, -0.05) is 5.16 Å². The number of carbonyl (C=O) groups is 1. The van der Waals surface area contributed by atoms with Crippen LogP contribution in [0, 0.1) is 0 Å². The van der Waals surface area contributed by atoms with E-state index in [4.69, 9.17) is 8.94 Å². The number of rotatable bonds is 5. The highest BCUT2D eigenvalue weighted by Gasteiger charge is 2.14. The van der Waals surface area contributed by atoms with Crippen LogP contribution in [0.5, 0.6) is 0 Å². The number of nitrogens with one attached hydrogen (secondary N) is 1. The molecule has 4 aromatic heterocycles. The molecule has 0 bridgehead atoms. The molecule has 0 aliphatic rings. The lowest BCUT2D eigenvalue weighted by molar-refractivity contribution is 0.0943. The molecular weight excluding hydrogens is 298 g/mol. The molecule has 0 aliphatic heterocycles. The molecule has 0 atom stereocenters. The molecule has 4 aromatic rings. The average Bonchev–Trinajstić information content (AvgIpc) is 3.32. The van der Waals surface area contributed by atoms with Gasteiger partial charge in [-0.3, -0.25) is 4.79 Å². The Balaban J connectivity index is 1.38. The van der Waals surface area contributed by atoms with Gasteiger partial charge in [-0.15, -0.1) is 0 Å². The van der Waals surface area contributed by atoms with Gasteiger partial charge >= 0.3 is 0 Å². The molecule has 1 N–H and O–H groups in total. The Labute approximate surface area is 130 Å². The Morgan fingerprint density at radius 1 is 1.26 bits per heavy atom. The SMILES string of the molecule is O=C(NCCn1ccn2nccc12)c1cc(-c2ccco2)on1. The number of carbonyl (C=O) groups excluding carboxylic acids is 1. The topological polar surface area (TPSA) is 90.5 Å². The summed E-state index contributed by atoms with van der Waals surface area (Å²) >= 11 is 0. The summed E-state index contributed by atoms with van der Waals surface area (Å²) in [4.78, 5) is 12.1. The lowest BCUT2D eigenvalue weighted by Gasteiger charge is -2.04. The third-order valence-corrected chi connectivity index (χ3v) is 3.48. The van der Waals surface area contributed by atoms with Crippen LogP contribution in [0.3, 0.4) is 0 Å². The molecule has 116 valence electrons. The monoisotopic (exact) mass is 311 g/mol. The largest absolute Gasteiger partial charge is 0.461 e. The van der Waals surface area contributed by atoms with E-state index in [-0.39, 0.29) is 11.6 Å². The molecule has 0 saturated carbocycles. The minimum Gasteiger partial charge on any atom is -0.461 e. The lowest BCUT2D eigenvalue weighted by Crippen LogP contribution is -2.27. The van der Waals surface area contributed by atoms with Crippen molar-refractivity contribution in [2.45, 2.75) is 6.54 Å². The lowest BCUT2D eigenvalue weighted by atomic mass is 10.3. The third-order valence-electron chi connectivity index (χ3n) is 3.48. The van der Waals surface area contributed by atoms with Crippen molar-refractivity contribution in [3.63, 3.8) is 0 Å². The number of furan rings is 1. The smallest absolute Gasteiger partial charge is 0.273 e. The van der Waals surface area contributed by atoms with Gasteiger partial charge in [-0.2, -0.15) is 5.10 Å².